The molecule has 0 bridgehead atoms. The third-order valence-corrected chi connectivity index (χ3v) is 2.62. The lowest BCUT2D eigenvalue weighted by Crippen LogP contribution is -2.50. The van der Waals surface area contributed by atoms with Gasteiger partial charge < -0.3 is 21.1 Å². The van der Waals surface area contributed by atoms with Crippen LogP contribution in [0.5, 0.6) is 0 Å². The van der Waals surface area contributed by atoms with Gasteiger partial charge in [-0.25, -0.2) is 0 Å². The zero-order valence-corrected chi connectivity index (χ0v) is 11.4. The summed E-state index contributed by atoms with van der Waals surface area (Å²) in [7, 11) is 1.91. The Bertz CT molecular complexity index is 210. The van der Waals surface area contributed by atoms with Crippen molar-refractivity contribution in [1.82, 2.24) is 16.0 Å². The van der Waals surface area contributed by atoms with E-state index in [0.29, 0.717) is 25.0 Å². The van der Waals surface area contributed by atoms with Crippen LogP contribution in [0, 0.1) is 5.92 Å². The van der Waals surface area contributed by atoms with Crippen molar-refractivity contribution in [1.29, 1.82) is 0 Å². The summed E-state index contributed by atoms with van der Waals surface area (Å²) in [5.41, 5.74) is 0. The highest BCUT2D eigenvalue weighted by molar-refractivity contribution is 5.81. The van der Waals surface area contributed by atoms with Gasteiger partial charge in [-0.1, -0.05) is 13.8 Å². The lowest BCUT2D eigenvalue weighted by molar-refractivity contribution is -0.124. The Hall–Kier alpha value is -0.650. The molecule has 0 aliphatic heterocycles. The first-order valence-corrected chi connectivity index (χ1v) is 6.34. The molecule has 0 aliphatic rings. The highest BCUT2D eigenvalue weighted by Gasteiger charge is 2.17. The Morgan fingerprint density at radius 3 is 2.41 bits per heavy atom. The van der Waals surface area contributed by atoms with Gasteiger partial charge in [0, 0.05) is 19.1 Å². The number of carbonyl (C=O) groups is 1. The van der Waals surface area contributed by atoms with E-state index in [2.05, 4.69) is 29.8 Å². The third kappa shape index (κ3) is 7.31. The Morgan fingerprint density at radius 2 is 2.00 bits per heavy atom. The van der Waals surface area contributed by atoms with Gasteiger partial charge in [-0.15, -0.1) is 0 Å². The first-order chi connectivity index (χ1) is 8.04. The number of aliphatic hydroxyl groups is 1. The van der Waals surface area contributed by atoms with Crippen LogP contribution in [0.1, 0.15) is 27.2 Å². The van der Waals surface area contributed by atoms with Crippen molar-refractivity contribution in [3.05, 3.63) is 0 Å². The van der Waals surface area contributed by atoms with Gasteiger partial charge in [0.15, 0.2) is 0 Å². The molecule has 0 radical (unpaired) electrons. The fourth-order valence-electron chi connectivity index (χ4n) is 1.69. The summed E-state index contributed by atoms with van der Waals surface area (Å²) < 4.78 is 0. The molecule has 102 valence electrons. The SMILES string of the molecule is CCNC(=O)C(CO)NCC(CC(C)C)NC. The molecule has 0 aromatic heterocycles. The first kappa shape index (κ1) is 16.4. The smallest absolute Gasteiger partial charge is 0.239 e. The number of hydrogen-bond donors (Lipinski definition) is 4. The summed E-state index contributed by atoms with van der Waals surface area (Å²) in [6, 6.07) is -0.198. The van der Waals surface area contributed by atoms with E-state index < -0.39 is 6.04 Å². The van der Waals surface area contributed by atoms with Crippen LogP contribution in [0.3, 0.4) is 0 Å². The van der Waals surface area contributed by atoms with Gasteiger partial charge >= 0.3 is 0 Å². The zero-order valence-electron chi connectivity index (χ0n) is 11.4. The standard InChI is InChI=1S/C12H27N3O2/c1-5-14-12(17)11(8-16)15-7-10(13-4)6-9(2)3/h9-11,13,15-16H,5-8H2,1-4H3,(H,14,17). The highest BCUT2D eigenvalue weighted by Crippen LogP contribution is 2.03. The molecule has 2 atom stereocenters. The van der Waals surface area contributed by atoms with Gasteiger partial charge in [-0.2, -0.15) is 0 Å². The van der Waals surface area contributed by atoms with E-state index in [-0.39, 0.29) is 12.5 Å². The van der Waals surface area contributed by atoms with E-state index in [4.69, 9.17) is 5.11 Å². The summed E-state index contributed by atoms with van der Waals surface area (Å²) in [4.78, 5) is 11.5. The Labute approximate surface area is 104 Å². The number of amides is 1. The average molecular weight is 245 g/mol. The predicted molar refractivity (Wildman–Crippen MR) is 69.9 cm³/mol. The number of nitrogens with one attached hydrogen (secondary N) is 3. The minimum atomic E-state index is -0.516. The number of carbonyl (C=O) groups excluding carboxylic acids is 1. The topological polar surface area (TPSA) is 73.4 Å². The van der Waals surface area contributed by atoms with Gasteiger partial charge in [0.25, 0.3) is 0 Å². The second-order valence-corrected chi connectivity index (χ2v) is 4.65. The molecular formula is C12H27N3O2. The molecule has 2 unspecified atom stereocenters. The summed E-state index contributed by atoms with van der Waals surface area (Å²) in [6.07, 6.45) is 1.04. The predicted octanol–water partition coefficient (Wildman–Crippen LogP) is -0.293. The molecule has 0 heterocycles. The van der Waals surface area contributed by atoms with E-state index in [9.17, 15) is 4.79 Å². The van der Waals surface area contributed by atoms with Crippen LogP contribution in [0.4, 0.5) is 0 Å². The summed E-state index contributed by atoms with van der Waals surface area (Å²) in [5, 5.41) is 18.1. The fraction of sp³-hybridized carbons (Fsp3) is 0.917. The van der Waals surface area contributed by atoms with Crippen molar-refractivity contribution in [3.63, 3.8) is 0 Å². The van der Waals surface area contributed by atoms with E-state index in [1.165, 1.54) is 0 Å². The Balaban J connectivity index is 4.06. The van der Waals surface area contributed by atoms with Crippen LogP contribution in [-0.4, -0.2) is 49.8 Å². The van der Waals surface area contributed by atoms with Crippen molar-refractivity contribution in [2.45, 2.75) is 39.3 Å². The molecule has 4 N–H and O–H groups in total. The van der Waals surface area contributed by atoms with Gasteiger partial charge in [0.1, 0.15) is 6.04 Å². The molecule has 0 rings (SSSR count). The number of rotatable bonds is 9. The van der Waals surface area contributed by atoms with Gasteiger partial charge in [-0.3, -0.25) is 4.79 Å². The van der Waals surface area contributed by atoms with Crippen LogP contribution in [0.25, 0.3) is 0 Å². The van der Waals surface area contributed by atoms with Crippen LogP contribution in [-0.2, 0) is 4.79 Å². The molecule has 5 nitrogen and oxygen atoms in total. The van der Waals surface area contributed by atoms with E-state index in [0.717, 1.165) is 6.42 Å². The van der Waals surface area contributed by atoms with Crippen molar-refractivity contribution < 1.29 is 9.90 Å². The van der Waals surface area contributed by atoms with Crippen molar-refractivity contribution in [3.8, 4) is 0 Å². The van der Waals surface area contributed by atoms with Crippen LogP contribution in [0.15, 0.2) is 0 Å². The Kier molecular flexibility index (Phi) is 9.03. The number of aliphatic hydroxyl groups excluding tert-OH is 1. The van der Waals surface area contributed by atoms with Gasteiger partial charge in [0.2, 0.25) is 5.91 Å². The molecular weight excluding hydrogens is 218 g/mol. The van der Waals surface area contributed by atoms with E-state index in [1.54, 1.807) is 0 Å². The molecule has 5 heteroatoms. The number of hydrogen-bond acceptors (Lipinski definition) is 4. The Morgan fingerprint density at radius 1 is 1.35 bits per heavy atom. The zero-order chi connectivity index (χ0) is 13.3. The molecule has 0 fully saturated rings. The van der Waals surface area contributed by atoms with Crippen molar-refractivity contribution in [2.24, 2.45) is 5.92 Å². The first-order valence-electron chi connectivity index (χ1n) is 6.34. The maximum atomic E-state index is 11.5. The molecule has 0 aromatic rings. The minimum Gasteiger partial charge on any atom is -0.394 e. The molecule has 1 amide bonds. The summed E-state index contributed by atoms with van der Waals surface area (Å²) in [6.45, 7) is 7.27. The minimum absolute atomic E-state index is 0.144. The van der Waals surface area contributed by atoms with Crippen molar-refractivity contribution in [2.75, 3.05) is 26.7 Å². The summed E-state index contributed by atoms with van der Waals surface area (Å²) in [5.74, 6) is 0.459. The van der Waals surface area contributed by atoms with Crippen LogP contribution >= 0.6 is 0 Å². The molecule has 17 heavy (non-hydrogen) atoms. The second-order valence-electron chi connectivity index (χ2n) is 4.65. The second kappa shape index (κ2) is 9.39. The maximum absolute atomic E-state index is 11.5. The summed E-state index contributed by atoms with van der Waals surface area (Å²) >= 11 is 0. The van der Waals surface area contributed by atoms with Crippen molar-refractivity contribution >= 4 is 5.91 Å². The van der Waals surface area contributed by atoms with Crippen LogP contribution in [0.2, 0.25) is 0 Å². The number of likely N-dealkylation sites (N-methyl/N-ethyl adjacent to an activating group) is 2. The quantitative estimate of drug-likeness (QED) is 0.450. The maximum Gasteiger partial charge on any atom is 0.239 e. The average Bonchev–Trinajstić information content (AvgIpc) is 2.28. The molecule has 0 aliphatic carbocycles. The van der Waals surface area contributed by atoms with Crippen LogP contribution < -0.4 is 16.0 Å². The normalized spacial score (nSPS) is 14.7. The molecule has 0 saturated heterocycles. The molecule has 0 aromatic carbocycles. The largest absolute Gasteiger partial charge is 0.394 e. The van der Waals surface area contributed by atoms with Gasteiger partial charge in [0.05, 0.1) is 6.61 Å². The molecule has 0 spiro atoms. The molecule has 0 saturated carbocycles. The third-order valence-electron chi connectivity index (χ3n) is 2.62. The van der Waals surface area contributed by atoms with E-state index >= 15 is 0 Å². The lowest BCUT2D eigenvalue weighted by Gasteiger charge is -2.22. The lowest BCUT2D eigenvalue weighted by atomic mass is 10.0. The monoisotopic (exact) mass is 245 g/mol. The van der Waals surface area contributed by atoms with E-state index in [1.807, 2.05) is 14.0 Å². The highest BCUT2D eigenvalue weighted by atomic mass is 16.3. The fourth-order valence-corrected chi connectivity index (χ4v) is 1.69. The van der Waals surface area contributed by atoms with Gasteiger partial charge in [-0.05, 0) is 26.3 Å².